The molecule has 1 atom stereocenters. The highest BCUT2D eigenvalue weighted by Crippen LogP contribution is 2.25. The van der Waals surface area contributed by atoms with E-state index in [2.05, 4.69) is 10.0 Å². The van der Waals surface area contributed by atoms with Crippen molar-refractivity contribution in [3.05, 3.63) is 59.7 Å². The van der Waals surface area contributed by atoms with Crippen LogP contribution < -0.4 is 10.0 Å². The van der Waals surface area contributed by atoms with E-state index in [1.165, 1.54) is 18.2 Å². The normalized spacial score (nSPS) is 12.7. The fourth-order valence-electron chi connectivity index (χ4n) is 2.62. The quantitative estimate of drug-likeness (QED) is 0.604. The number of nitrogens with one attached hydrogen (secondary N) is 2. The SMILES string of the molecule is CC(C)CCNS(=O)(=O)c1ccc(NC(C)c2ccccc2)c(C(=O)O)c1. The van der Waals surface area contributed by atoms with E-state index in [0.717, 1.165) is 5.56 Å². The number of benzene rings is 2. The second-order valence-corrected chi connectivity index (χ2v) is 8.64. The molecule has 0 bridgehead atoms. The molecule has 0 aliphatic carbocycles. The van der Waals surface area contributed by atoms with E-state index in [1.807, 2.05) is 51.1 Å². The lowest BCUT2D eigenvalue weighted by molar-refractivity contribution is 0.0697. The Morgan fingerprint density at radius 3 is 2.33 bits per heavy atom. The van der Waals surface area contributed by atoms with Gasteiger partial charge in [-0.15, -0.1) is 0 Å². The molecule has 0 radical (unpaired) electrons. The third-order valence-corrected chi connectivity index (χ3v) is 5.68. The molecule has 7 heteroatoms. The van der Waals surface area contributed by atoms with Crippen molar-refractivity contribution >= 4 is 21.7 Å². The summed E-state index contributed by atoms with van der Waals surface area (Å²) in [6.45, 7) is 6.24. The monoisotopic (exact) mass is 390 g/mol. The summed E-state index contributed by atoms with van der Waals surface area (Å²) in [5.74, 6) is -0.815. The highest BCUT2D eigenvalue weighted by Gasteiger charge is 2.20. The van der Waals surface area contributed by atoms with Crippen molar-refractivity contribution in [2.75, 3.05) is 11.9 Å². The molecule has 6 nitrogen and oxygen atoms in total. The van der Waals surface area contributed by atoms with Gasteiger partial charge in [0.15, 0.2) is 0 Å². The van der Waals surface area contributed by atoms with Crippen LogP contribution >= 0.6 is 0 Å². The van der Waals surface area contributed by atoms with E-state index in [-0.39, 0.29) is 16.5 Å². The van der Waals surface area contributed by atoms with Crippen LogP contribution in [0, 0.1) is 5.92 Å². The molecule has 2 aromatic rings. The van der Waals surface area contributed by atoms with Crippen LogP contribution in [-0.2, 0) is 10.0 Å². The van der Waals surface area contributed by atoms with Crippen molar-refractivity contribution in [1.82, 2.24) is 4.72 Å². The third-order valence-electron chi connectivity index (χ3n) is 4.22. The summed E-state index contributed by atoms with van der Waals surface area (Å²) in [5, 5.41) is 12.7. The summed E-state index contributed by atoms with van der Waals surface area (Å²) < 4.78 is 27.4. The summed E-state index contributed by atoms with van der Waals surface area (Å²) in [5.41, 5.74) is 1.30. The average molecular weight is 391 g/mol. The molecule has 146 valence electrons. The summed E-state index contributed by atoms with van der Waals surface area (Å²) in [6, 6.07) is 13.6. The Morgan fingerprint density at radius 1 is 1.07 bits per heavy atom. The molecule has 1 unspecified atom stereocenters. The largest absolute Gasteiger partial charge is 0.478 e. The minimum Gasteiger partial charge on any atom is -0.478 e. The first-order valence-electron chi connectivity index (χ1n) is 8.89. The number of carbonyl (C=O) groups is 1. The van der Waals surface area contributed by atoms with Crippen molar-refractivity contribution in [2.45, 2.75) is 38.1 Å². The van der Waals surface area contributed by atoms with Crippen LogP contribution in [0.25, 0.3) is 0 Å². The van der Waals surface area contributed by atoms with Gasteiger partial charge < -0.3 is 10.4 Å². The van der Waals surface area contributed by atoms with Gasteiger partial charge in [0.25, 0.3) is 0 Å². The van der Waals surface area contributed by atoms with Gasteiger partial charge >= 0.3 is 5.97 Å². The van der Waals surface area contributed by atoms with Crippen LogP contribution in [-0.4, -0.2) is 26.0 Å². The van der Waals surface area contributed by atoms with Crippen molar-refractivity contribution in [1.29, 1.82) is 0 Å². The van der Waals surface area contributed by atoms with E-state index in [0.29, 0.717) is 24.6 Å². The number of hydrogen-bond acceptors (Lipinski definition) is 4. The van der Waals surface area contributed by atoms with Crippen LogP contribution in [0.15, 0.2) is 53.4 Å². The molecule has 0 aliphatic rings. The van der Waals surface area contributed by atoms with Gasteiger partial charge in [-0.05, 0) is 43.0 Å². The lowest BCUT2D eigenvalue weighted by Crippen LogP contribution is -2.26. The van der Waals surface area contributed by atoms with Gasteiger partial charge in [-0.2, -0.15) is 0 Å². The lowest BCUT2D eigenvalue weighted by Gasteiger charge is -2.18. The maximum absolute atomic E-state index is 12.4. The van der Waals surface area contributed by atoms with Crippen LogP contribution in [0.1, 0.15) is 49.2 Å². The van der Waals surface area contributed by atoms with E-state index >= 15 is 0 Å². The molecule has 27 heavy (non-hydrogen) atoms. The van der Waals surface area contributed by atoms with Gasteiger partial charge in [0.2, 0.25) is 10.0 Å². The Hall–Kier alpha value is -2.38. The molecule has 2 rings (SSSR count). The van der Waals surface area contributed by atoms with Crippen LogP contribution in [0.4, 0.5) is 5.69 Å². The van der Waals surface area contributed by atoms with Gasteiger partial charge in [0, 0.05) is 18.3 Å². The molecule has 0 spiro atoms. The van der Waals surface area contributed by atoms with E-state index in [4.69, 9.17) is 0 Å². The number of sulfonamides is 1. The van der Waals surface area contributed by atoms with Crippen molar-refractivity contribution in [3.63, 3.8) is 0 Å². The predicted octanol–water partition coefficient (Wildman–Crippen LogP) is 3.88. The highest BCUT2D eigenvalue weighted by atomic mass is 32.2. The van der Waals surface area contributed by atoms with E-state index in [1.54, 1.807) is 0 Å². The fraction of sp³-hybridized carbons (Fsp3) is 0.350. The summed E-state index contributed by atoms with van der Waals surface area (Å²) >= 11 is 0. The molecular weight excluding hydrogens is 364 g/mol. The number of carboxylic acid groups (broad SMARTS) is 1. The zero-order valence-electron chi connectivity index (χ0n) is 15.8. The van der Waals surface area contributed by atoms with Gasteiger partial charge in [-0.1, -0.05) is 44.2 Å². The van der Waals surface area contributed by atoms with Gasteiger partial charge in [0.05, 0.1) is 10.5 Å². The number of aromatic carboxylic acids is 1. The summed E-state index contributed by atoms with van der Waals surface area (Å²) in [7, 11) is -3.75. The molecule has 0 saturated carbocycles. The van der Waals surface area contributed by atoms with Crippen LogP contribution in [0.5, 0.6) is 0 Å². The molecule has 0 fully saturated rings. The minimum atomic E-state index is -3.75. The Labute approximate surface area is 160 Å². The average Bonchev–Trinajstić information content (AvgIpc) is 2.62. The predicted molar refractivity (Wildman–Crippen MR) is 107 cm³/mol. The van der Waals surface area contributed by atoms with E-state index < -0.39 is 16.0 Å². The summed E-state index contributed by atoms with van der Waals surface area (Å²) in [6.07, 6.45) is 0.708. The van der Waals surface area contributed by atoms with Gasteiger partial charge in [-0.3, -0.25) is 0 Å². The van der Waals surface area contributed by atoms with E-state index in [9.17, 15) is 18.3 Å². The Balaban J connectivity index is 2.25. The summed E-state index contributed by atoms with van der Waals surface area (Å²) in [4.78, 5) is 11.6. The first-order valence-corrected chi connectivity index (χ1v) is 10.4. The highest BCUT2D eigenvalue weighted by molar-refractivity contribution is 7.89. The first kappa shape index (κ1) is 20.9. The maximum atomic E-state index is 12.4. The molecular formula is C20H26N2O4S. The fourth-order valence-corrected chi connectivity index (χ4v) is 3.69. The maximum Gasteiger partial charge on any atom is 0.337 e. The molecule has 0 aliphatic heterocycles. The van der Waals surface area contributed by atoms with Crippen molar-refractivity contribution < 1.29 is 18.3 Å². The number of rotatable bonds is 9. The minimum absolute atomic E-state index is 0.0541. The Bertz CT molecular complexity index is 880. The number of hydrogen-bond donors (Lipinski definition) is 3. The molecule has 0 amide bonds. The van der Waals surface area contributed by atoms with Crippen LogP contribution in [0.2, 0.25) is 0 Å². The van der Waals surface area contributed by atoms with Gasteiger partial charge in [-0.25, -0.2) is 17.9 Å². The topological polar surface area (TPSA) is 95.5 Å². The molecule has 3 N–H and O–H groups in total. The number of anilines is 1. The molecule has 0 heterocycles. The van der Waals surface area contributed by atoms with Crippen molar-refractivity contribution in [2.24, 2.45) is 5.92 Å². The molecule has 0 aromatic heterocycles. The Kier molecular flexibility index (Phi) is 6.98. The Morgan fingerprint density at radius 2 is 1.74 bits per heavy atom. The smallest absolute Gasteiger partial charge is 0.337 e. The zero-order chi connectivity index (χ0) is 20.0. The standard InChI is InChI=1S/C20H26N2O4S/c1-14(2)11-12-21-27(25,26)17-9-10-19(18(13-17)20(23)24)22-15(3)16-7-5-4-6-8-16/h4-10,13-15,21-22H,11-12H2,1-3H3,(H,23,24). The molecule has 2 aromatic carbocycles. The number of carboxylic acids is 1. The second-order valence-electron chi connectivity index (χ2n) is 6.87. The second kappa shape index (κ2) is 9.01. The third kappa shape index (κ3) is 5.80. The van der Waals surface area contributed by atoms with Crippen molar-refractivity contribution in [3.8, 4) is 0 Å². The zero-order valence-corrected chi connectivity index (χ0v) is 16.6. The first-order chi connectivity index (χ1) is 12.7. The molecule has 0 saturated heterocycles. The lowest BCUT2D eigenvalue weighted by atomic mass is 10.1. The van der Waals surface area contributed by atoms with Crippen LogP contribution in [0.3, 0.4) is 0 Å². The van der Waals surface area contributed by atoms with Gasteiger partial charge in [0.1, 0.15) is 0 Å².